The van der Waals surface area contributed by atoms with E-state index in [2.05, 4.69) is 146 Å². The molecule has 4 atom stereocenters. The van der Waals surface area contributed by atoms with E-state index in [-0.39, 0.29) is 5.41 Å². The highest BCUT2D eigenvalue weighted by Gasteiger charge is 2.52. The Morgan fingerprint density at radius 2 is 1.26 bits per heavy atom. The fraction of sp³-hybridized carbons (Fsp3) is 0.204. The summed E-state index contributed by atoms with van der Waals surface area (Å²) in [5.41, 5.74) is 8.72. The third-order valence-corrected chi connectivity index (χ3v) is 13.3. The van der Waals surface area contributed by atoms with Gasteiger partial charge in [0.25, 0.3) is 0 Å². The van der Waals surface area contributed by atoms with Crippen LogP contribution in [0.1, 0.15) is 60.2 Å². The quantitative estimate of drug-likeness (QED) is 0.174. The number of rotatable bonds is 3. The summed E-state index contributed by atoms with van der Waals surface area (Å²) in [6, 6.07) is 48.0. The predicted molar refractivity (Wildman–Crippen MR) is 210 cm³/mol. The first-order chi connectivity index (χ1) is 26.2. The highest BCUT2D eigenvalue weighted by atomic mass is 16.5. The van der Waals surface area contributed by atoms with E-state index in [4.69, 9.17) is 19.7 Å². The Labute approximate surface area is 309 Å². The monoisotopic (exact) mass is 683 g/mol. The number of hydrogen-bond acceptors (Lipinski definition) is 4. The fourth-order valence-corrected chi connectivity index (χ4v) is 11.1. The molecule has 7 aromatic rings. The smallest absolute Gasteiger partial charge is 0.164 e. The molecule has 1 spiro atoms. The minimum absolute atomic E-state index is 0.162. The molecule has 4 aliphatic carbocycles. The van der Waals surface area contributed by atoms with E-state index in [1.165, 1.54) is 58.0 Å². The van der Waals surface area contributed by atoms with Crippen LogP contribution in [0, 0.1) is 17.8 Å². The molecule has 4 bridgehead atoms. The van der Waals surface area contributed by atoms with Crippen LogP contribution in [0.25, 0.3) is 44.7 Å². The van der Waals surface area contributed by atoms with E-state index in [1.54, 1.807) is 0 Å². The van der Waals surface area contributed by atoms with Crippen molar-refractivity contribution >= 4 is 10.8 Å². The highest BCUT2D eigenvalue weighted by molar-refractivity contribution is 5.95. The maximum atomic E-state index is 6.56. The Morgan fingerprint density at radius 1 is 0.566 bits per heavy atom. The second-order valence-electron chi connectivity index (χ2n) is 16.0. The molecule has 1 aromatic heterocycles. The molecule has 2 fully saturated rings. The van der Waals surface area contributed by atoms with Crippen LogP contribution in [-0.2, 0) is 10.8 Å². The number of hydrogen-bond donors (Lipinski definition) is 0. The van der Waals surface area contributed by atoms with Crippen molar-refractivity contribution < 1.29 is 4.74 Å². The van der Waals surface area contributed by atoms with Gasteiger partial charge in [-0.2, -0.15) is 0 Å². The topological polar surface area (TPSA) is 47.9 Å². The van der Waals surface area contributed by atoms with E-state index in [1.807, 2.05) is 0 Å². The molecule has 5 aliphatic rings. The van der Waals surface area contributed by atoms with Crippen LogP contribution in [0.5, 0.6) is 11.5 Å². The van der Waals surface area contributed by atoms with E-state index in [0.717, 1.165) is 70.2 Å². The minimum Gasteiger partial charge on any atom is -0.457 e. The standard InChI is InChI=1S/C49H37N3O/c1-2-12-35-31(10-1)11-9-14-37(35)46-50-45(51-47(52-46)48-25-24-34(29-48)32-21-20-30(26-32)28-48)33-22-23-40-38(27-33)36-13-3-4-15-39(36)49(40)41-16-5-7-18-43(41)53-44-19-8-6-17-42(44)49/h1-19,22-25,27,30,32,34H,20-21,26,28-29H2/t30-,32?,34?,48?/m0/s1. The molecule has 1 aliphatic heterocycles. The summed E-state index contributed by atoms with van der Waals surface area (Å²) < 4.78 is 6.56. The molecule has 4 nitrogen and oxygen atoms in total. The lowest BCUT2D eigenvalue weighted by atomic mass is 9.66. The summed E-state index contributed by atoms with van der Waals surface area (Å²) in [7, 11) is 0. The van der Waals surface area contributed by atoms with Gasteiger partial charge in [-0.15, -0.1) is 0 Å². The Bertz CT molecular complexity index is 2640. The molecule has 0 N–H and O–H groups in total. The summed E-state index contributed by atoms with van der Waals surface area (Å²) in [6.45, 7) is 0. The lowest BCUT2D eigenvalue weighted by Gasteiger charge is -2.39. The third-order valence-electron chi connectivity index (χ3n) is 13.3. The van der Waals surface area contributed by atoms with Gasteiger partial charge < -0.3 is 4.74 Å². The van der Waals surface area contributed by atoms with Crippen molar-refractivity contribution in [1.29, 1.82) is 0 Å². The van der Waals surface area contributed by atoms with Crippen LogP contribution >= 0.6 is 0 Å². The van der Waals surface area contributed by atoms with E-state index >= 15 is 0 Å². The van der Waals surface area contributed by atoms with Crippen molar-refractivity contribution in [3.05, 3.63) is 174 Å². The number of aromatic nitrogens is 3. The van der Waals surface area contributed by atoms with Crippen LogP contribution in [0.15, 0.2) is 146 Å². The van der Waals surface area contributed by atoms with Crippen LogP contribution in [-0.4, -0.2) is 15.0 Å². The molecule has 2 saturated carbocycles. The predicted octanol–water partition coefficient (Wildman–Crippen LogP) is 11.5. The average Bonchev–Trinajstić information content (AvgIpc) is 3.91. The number of para-hydroxylation sites is 2. The molecule has 12 rings (SSSR count). The molecule has 0 amide bonds. The van der Waals surface area contributed by atoms with Crippen LogP contribution in [0.2, 0.25) is 0 Å². The summed E-state index contributed by atoms with van der Waals surface area (Å²) in [6.07, 6.45) is 11.2. The third kappa shape index (κ3) is 4.09. The zero-order valence-corrected chi connectivity index (χ0v) is 29.4. The number of fused-ring (bicyclic) bond motifs is 15. The van der Waals surface area contributed by atoms with Crippen molar-refractivity contribution in [1.82, 2.24) is 15.0 Å². The van der Waals surface area contributed by atoms with Gasteiger partial charge >= 0.3 is 0 Å². The van der Waals surface area contributed by atoms with Gasteiger partial charge in [-0.3, -0.25) is 0 Å². The Balaban J connectivity index is 1.09. The molecule has 2 heterocycles. The lowest BCUT2D eigenvalue weighted by molar-refractivity contribution is 0.333. The zero-order valence-electron chi connectivity index (χ0n) is 29.4. The van der Waals surface area contributed by atoms with E-state index in [9.17, 15) is 0 Å². The number of ether oxygens (including phenoxy) is 1. The summed E-state index contributed by atoms with van der Waals surface area (Å²) in [5, 5.41) is 2.35. The normalized spacial score (nSPS) is 23.6. The Kier molecular flexibility index (Phi) is 6.07. The molecule has 254 valence electrons. The highest BCUT2D eigenvalue weighted by Crippen LogP contribution is 2.62. The van der Waals surface area contributed by atoms with E-state index < -0.39 is 5.41 Å². The van der Waals surface area contributed by atoms with Gasteiger partial charge in [0.05, 0.1) is 5.41 Å². The van der Waals surface area contributed by atoms with Crippen LogP contribution in [0.4, 0.5) is 0 Å². The van der Waals surface area contributed by atoms with Gasteiger partial charge in [-0.1, -0.05) is 134 Å². The first kappa shape index (κ1) is 29.7. The van der Waals surface area contributed by atoms with E-state index in [0.29, 0.717) is 5.92 Å². The van der Waals surface area contributed by atoms with Gasteiger partial charge in [-0.25, -0.2) is 15.0 Å². The second kappa shape index (κ2) is 10.8. The Hall–Kier alpha value is -5.87. The molecule has 3 unspecified atom stereocenters. The zero-order chi connectivity index (χ0) is 34.7. The second-order valence-corrected chi connectivity index (χ2v) is 16.0. The van der Waals surface area contributed by atoms with Crippen LogP contribution < -0.4 is 4.74 Å². The molecule has 4 heteroatoms. The van der Waals surface area contributed by atoms with Crippen LogP contribution in [0.3, 0.4) is 0 Å². The van der Waals surface area contributed by atoms with Crippen molar-refractivity contribution in [2.24, 2.45) is 17.8 Å². The van der Waals surface area contributed by atoms with Crippen molar-refractivity contribution in [2.45, 2.75) is 42.9 Å². The summed E-state index contributed by atoms with van der Waals surface area (Å²) >= 11 is 0. The minimum atomic E-state index is -0.503. The van der Waals surface area contributed by atoms with Gasteiger partial charge in [-0.05, 0) is 94.7 Å². The van der Waals surface area contributed by atoms with Crippen molar-refractivity contribution in [2.75, 3.05) is 0 Å². The molecule has 0 saturated heterocycles. The SMILES string of the molecule is C1=CC2(c3nc(-c4ccc5c(c4)-c4ccccc4C54c5ccccc5Oc5ccccc54)nc(-c4cccc5ccccc45)n3)CC1C1CC[C@@H](C1)C2. The van der Waals surface area contributed by atoms with Crippen molar-refractivity contribution in [3.8, 4) is 45.4 Å². The first-order valence-corrected chi connectivity index (χ1v) is 19.2. The fourth-order valence-electron chi connectivity index (χ4n) is 11.1. The largest absolute Gasteiger partial charge is 0.457 e. The maximum absolute atomic E-state index is 6.56. The molecule has 0 radical (unpaired) electrons. The lowest BCUT2D eigenvalue weighted by Crippen LogP contribution is -2.32. The van der Waals surface area contributed by atoms with Gasteiger partial charge in [0.2, 0.25) is 0 Å². The Morgan fingerprint density at radius 3 is 2.13 bits per heavy atom. The number of nitrogens with zero attached hydrogens (tertiary/aromatic N) is 3. The maximum Gasteiger partial charge on any atom is 0.164 e. The number of benzene rings is 6. The molecular formula is C49H37N3O. The molecule has 53 heavy (non-hydrogen) atoms. The average molecular weight is 684 g/mol. The van der Waals surface area contributed by atoms with Gasteiger partial charge in [0.15, 0.2) is 11.6 Å². The summed E-state index contributed by atoms with van der Waals surface area (Å²) in [5.74, 6) is 6.37. The van der Waals surface area contributed by atoms with Crippen molar-refractivity contribution in [3.63, 3.8) is 0 Å². The summed E-state index contributed by atoms with van der Waals surface area (Å²) in [4.78, 5) is 16.3. The van der Waals surface area contributed by atoms with Gasteiger partial charge in [0, 0.05) is 27.7 Å². The van der Waals surface area contributed by atoms with Gasteiger partial charge in [0.1, 0.15) is 17.3 Å². The number of allylic oxidation sites excluding steroid dienone is 2. The molecular weight excluding hydrogens is 647 g/mol. The molecule has 6 aromatic carbocycles. The first-order valence-electron chi connectivity index (χ1n) is 19.2.